The Bertz CT molecular complexity index is 376. The summed E-state index contributed by atoms with van der Waals surface area (Å²) in [7, 11) is 0. The highest BCUT2D eigenvalue weighted by molar-refractivity contribution is 5.77. The maximum absolute atomic E-state index is 10.8. The van der Waals surface area contributed by atoms with Gasteiger partial charge in [-0.2, -0.15) is 0 Å². The minimum absolute atomic E-state index is 0.498. The lowest BCUT2D eigenvalue weighted by atomic mass is 9.94. The van der Waals surface area contributed by atoms with E-state index in [2.05, 4.69) is 6.07 Å². The summed E-state index contributed by atoms with van der Waals surface area (Å²) in [6, 6.07) is 7.77. The van der Waals surface area contributed by atoms with Crippen LogP contribution >= 0.6 is 0 Å². The first kappa shape index (κ1) is 12.2. The van der Waals surface area contributed by atoms with Crippen LogP contribution in [0.2, 0.25) is 0 Å². The predicted molar refractivity (Wildman–Crippen MR) is 57.4 cm³/mol. The molecule has 0 aliphatic carbocycles. The second-order valence-electron chi connectivity index (χ2n) is 3.68. The Morgan fingerprint density at radius 1 is 1.06 bits per heavy atom. The molecule has 2 N–H and O–H groups in total. The molecule has 0 aliphatic heterocycles. The van der Waals surface area contributed by atoms with Crippen LogP contribution in [-0.2, 0) is 9.59 Å². The molecule has 4 nitrogen and oxygen atoms in total. The Morgan fingerprint density at radius 2 is 1.44 bits per heavy atom. The third-order valence-electron chi connectivity index (χ3n) is 2.51. The third kappa shape index (κ3) is 2.59. The van der Waals surface area contributed by atoms with Gasteiger partial charge in [-0.15, -0.1) is 0 Å². The number of benzene rings is 1. The number of rotatable bonds is 4. The van der Waals surface area contributed by atoms with E-state index in [4.69, 9.17) is 10.2 Å². The molecule has 85 valence electrons. The van der Waals surface area contributed by atoms with E-state index >= 15 is 0 Å². The number of carboxylic acids is 2. The lowest BCUT2D eigenvalue weighted by Gasteiger charge is -2.10. The first-order chi connectivity index (χ1) is 7.43. The minimum Gasteiger partial charge on any atom is -0.481 e. The van der Waals surface area contributed by atoms with Crippen molar-refractivity contribution in [2.75, 3.05) is 0 Å². The molecule has 0 saturated heterocycles. The molecule has 1 aromatic rings. The fraction of sp³-hybridized carbons (Fsp3) is 0.333. The summed E-state index contributed by atoms with van der Waals surface area (Å²) >= 11 is 0. The highest BCUT2D eigenvalue weighted by atomic mass is 16.4. The molecular weight excluding hydrogens is 208 g/mol. The summed E-state index contributed by atoms with van der Waals surface area (Å²) < 4.78 is 0. The van der Waals surface area contributed by atoms with Crippen LogP contribution < -0.4 is 0 Å². The second kappa shape index (κ2) is 4.79. The van der Waals surface area contributed by atoms with Crippen LogP contribution in [0.1, 0.15) is 36.8 Å². The SMILES string of the molecule is CC(C(=O)O)c1[c]c(C(C)C(=O)O)ccc1. The van der Waals surface area contributed by atoms with Crippen molar-refractivity contribution in [3.05, 3.63) is 35.4 Å². The van der Waals surface area contributed by atoms with Gasteiger partial charge < -0.3 is 10.2 Å². The molecule has 1 radical (unpaired) electrons. The highest BCUT2D eigenvalue weighted by Crippen LogP contribution is 2.21. The van der Waals surface area contributed by atoms with Gasteiger partial charge in [0.15, 0.2) is 0 Å². The average molecular weight is 221 g/mol. The maximum atomic E-state index is 10.8. The van der Waals surface area contributed by atoms with E-state index in [1.54, 1.807) is 32.0 Å². The summed E-state index contributed by atoms with van der Waals surface area (Å²) in [6.45, 7) is 3.09. The number of carbonyl (C=O) groups is 2. The quantitative estimate of drug-likeness (QED) is 0.813. The number of hydrogen-bond donors (Lipinski definition) is 2. The smallest absolute Gasteiger partial charge is 0.310 e. The van der Waals surface area contributed by atoms with E-state index < -0.39 is 23.8 Å². The van der Waals surface area contributed by atoms with Gasteiger partial charge >= 0.3 is 11.9 Å². The molecule has 4 heteroatoms. The first-order valence-electron chi connectivity index (χ1n) is 4.91. The minimum atomic E-state index is -0.948. The van der Waals surface area contributed by atoms with Crippen LogP contribution in [0.4, 0.5) is 0 Å². The normalized spacial score (nSPS) is 14.1. The summed E-state index contributed by atoms with van der Waals surface area (Å²) in [5.41, 5.74) is 0.996. The van der Waals surface area contributed by atoms with Crippen molar-refractivity contribution < 1.29 is 19.8 Å². The molecular formula is C12H13O4. The van der Waals surface area contributed by atoms with Crippen molar-refractivity contribution in [3.8, 4) is 0 Å². The van der Waals surface area contributed by atoms with Crippen LogP contribution in [0.25, 0.3) is 0 Å². The molecule has 0 heterocycles. The van der Waals surface area contributed by atoms with Crippen LogP contribution in [0.15, 0.2) is 18.2 Å². The van der Waals surface area contributed by atoms with Crippen molar-refractivity contribution in [3.63, 3.8) is 0 Å². The third-order valence-corrected chi connectivity index (χ3v) is 2.51. The molecule has 0 aromatic heterocycles. The molecule has 1 aromatic carbocycles. The van der Waals surface area contributed by atoms with E-state index in [0.29, 0.717) is 11.1 Å². The van der Waals surface area contributed by atoms with E-state index in [1.165, 1.54) is 0 Å². The number of aliphatic carboxylic acids is 2. The zero-order valence-electron chi connectivity index (χ0n) is 9.10. The standard InChI is InChI=1S/C12H13O4/c1-7(11(13)14)9-4-3-5-10(6-9)8(2)12(15)16/h3-5,7-8H,1-2H3,(H,13,14)(H,15,16). The molecule has 1 rings (SSSR count). The molecule has 0 saturated carbocycles. The molecule has 0 bridgehead atoms. The largest absolute Gasteiger partial charge is 0.481 e. The van der Waals surface area contributed by atoms with Gasteiger partial charge in [0.25, 0.3) is 0 Å². The van der Waals surface area contributed by atoms with E-state index in [0.717, 1.165) is 0 Å². The number of hydrogen-bond acceptors (Lipinski definition) is 2. The van der Waals surface area contributed by atoms with Crippen LogP contribution in [0, 0.1) is 6.07 Å². The fourth-order valence-electron chi connectivity index (χ4n) is 1.28. The van der Waals surface area contributed by atoms with Gasteiger partial charge in [0.2, 0.25) is 0 Å². The lowest BCUT2D eigenvalue weighted by Crippen LogP contribution is -2.11. The Labute approximate surface area is 93.5 Å². The molecule has 0 amide bonds. The Morgan fingerprint density at radius 3 is 1.75 bits per heavy atom. The Kier molecular flexibility index (Phi) is 3.66. The summed E-state index contributed by atoms with van der Waals surface area (Å²) in [4.78, 5) is 21.6. The fourth-order valence-corrected chi connectivity index (χ4v) is 1.28. The zero-order valence-corrected chi connectivity index (χ0v) is 9.10. The van der Waals surface area contributed by atoms with Crippen molar-refractivity contribution >= 4 is 11.9 Å². The van der Waals surface area contributed by atoms with Crippen LogP contribution in [0.5, 0.6) is 0 Å². The monoisotopic (exact) mass is 221 g/mol. The molecule has 0 fully saturated rings. The van der Waals surface area contributed by atoms with Gasteiger partial charge in [-0.25, -0.2) is 0 Å². The molecule has 0 aliphatic rings. The van der Waals surface area contributed by atoms with Crippen molar-refractivity contribution in [1.82, 2.24) is 0 Å². The molecule has 0 spiro atoms. The molecule has 2 unspecified atom stereocenters. The van der Waals surface area contributed by atoms with Crippen molar-refractivity contribution in [1.29, 1.82) is 0 Å². The van der Waals surface area contributed by atoms with Gasteiger partial charge in [0.05, 0.1) is 11.8 Å². The zero-order chi connectivity index (χ0) is 12.3. The molecule has 16 heavy (non-hydrogen) atoms. The average Bonchev–Trinajstić information content (AvgIpc) is 2.26. The number of carboxylic acid groups (broad SMARTS) is 2. The highest BCUT2D eigenvalue weighted by Gasteiger charge is 2.18. The maximum Gasteiger partial charge on any atom is 0.310 e. The van der Waals surface area contributed by atoms with E-state index in [-0.39, 0.29) is 0 Å². The first-order valence-corrected chi connectivity index (χ1v) is 4.91. The Balaban J connectivity index is 3.04. The second-order valence-corrected chi connectivity index (χ2v) is 3.68. The van der Waals surface area contributed by atoms with Gasteiger partial charge in [0, 0.05) is 0 Å². The predicted octanol–water partition coefficient (Wildman–Crippen LogP) is 1.86. The van der Waals surface area contributed by atoms with Gasteiger partial charge in [-0.3, -0.25) is 9.59 Å². The summed E-state index contributed by atoms with van der Waals surface area (Å²) in [5.74, 6) is -3.25. The van der Waals surface area contributed by atoms with Crippen LogP contribution in [0.3, 0.4) is 0 Å². The van der Waals surface area contributed by atoms with Gasteiger partial charge in [0.1, 0.15) is 0 Å². The Hall–Kier alpha value is -1.84. The van der Waals surface area contributed by atoms with Crippen molar-refractivity contribution in [2.24, 2.45) is 0 Å². The van der Waals surface area contributed by atoms with Gasteiger partial charge in [-0.1, -0.05) is 18.2 Å². The van der Waals surface area contributed by atoms with E-state index in [1.807, 2.05) is 0 Å². The lowest BCUT2D eigenvalue weighted by molar-refractivity contribution is -0.139. The molecule has 2 atom stereocenters. The van der Waals surface area contributed by atoms with Gasteiger partial charge in [-0.05, 0) is 31.0 Å². The topological polar surface area (TPSA) is 74.6 Å². The summed E-state index contributed by atoms with van der Waals surface area (Å²) in [6.07, 6.45) is 0. The summed E-state index contributed by atoms with van der Waals surface area (Å²) in [5, 5.41) is 17.7. The van der Waals surface area contributed by atoms with E-state index in [9.17, 15) is 9.59 Å². The van der Waals surface area contributed by atoms with Crippen LogP contribution in [-0.4, -0.2) is 22.2 Å². The van der Waals surface area contributed by atoms with Crippen molar-refractivity contribution in [2.45, 2.75) is 25.7 Å².